The van der Waals surface area contributed by atoms with Gasteiger partial charge in [-0.3, -0.25) is 4.90 Å². The van der Waals surface area contributed by atoms with E-state index in [4.69, 9.17) is 0 Å². The van der Waals surface area contributed by atoms with E-state index < -0.39 is 0 Å². The second kappa shape index (κ2) is 7.41. The lowest BCUT2D eigenvalue weighted by atomic mass is 9.89. The zero-order valence-corrected chi connectivity index (χ0v) is 13.6. The predicted molar refractivity (Wildman–Crippen MR) is 85.4 cm³/mol. The zero-order chi connectivity index (χ0) is 13.7. The molecule has 0 spiro atoms. The van der Waals surface area contributed by atoms with Crippen LogP contribution in [0, 0.1) is 5.92 Å². The lowest BCUT2D eigenvalue weighted by Gasteiger charge is -2.33. The Hall–Kier alpha value is -0.380. The first-order valence-corrected chi connectivity index (χ1v) is 8.18. The topological polar surface area (TPSA) is 15.3 Å². The van der Waals surface area contributed by atoms with Gasteiger partial charge in [-0.05, 0) is 63.1 Å². The van der Waals surface area contributed by atoms with Crippen molar-refractivity contribution in [3.05, 3.63) is 34.3 Å². The van der Waals surface area contributed by atoms with Crippen LogP contribution in [0.4, 0.5) is 0 Å². The van der Waals surface area contributed by atoms with Gasteiger partial charge in [-0.2, -0.15) is 0 Å². The first kappa shape index (κ1) is 15.0. The van der Waals surface area contributed by atoms with Crippen molar-refractivity contribution in [2.45, 2.75) is 32.2 Å². The highest BCUT2D eigenvalue weighted by Gasteiger charge is 2.28. The molecule has 2 atom stereocenters. The van der Waals surface area contributed by atoms with Crippen LogP contribution in [-0.2, 0) is 0 Å². The molecule has 0 saturated carbocycles. The summed E-state index contributed by atoms with van der Waals surface area (Å²) in [7, 11) is 2.27. The minimum Gasteiger partial charge on any atom is -0.317 e. The van der Waals surface area contributed by atoms with Crippen LogP contribution in [0.1, 0.15) is 37.8 Å². The van der Waals surface area contributed by atoms with E-state index in [9.17, 15) is 0 Å². The summed E-state index contributed by atoms with van der Waals surface area (Å²) in [5.74, 6) is 0.716. The minimum atomic E-state index is 0.551. The molecular weight excluding hydrogens is 300 g/mol. The number of likely N-dealkylation sites (tertiary alicyclic amines) is 1. The average Bonchev–Trinajstić information content (AvgIpc) is 2.59. The maximum absolute atomic E-state index is 3.54. The van der Waals surface area contributed by atoms with Crippen LogP contribution in [0.2, 0.25) is 0 Å². The van der Waals surface area contributed by atoms with Crippen molar-refractivity contribution in [3.63, 3.8) is 0 Å². The van der Waals surface area contributed by atoms with Gasteiger partial charge in [-0.1, -0.05) is 41.4 Å². The molecule has 1 fully saturated rings. The highest BCUT2D eigenvalue weighted by Crippen LogP contribution is 2.34. The van der Waals surface area contributed by atoms with Crippen LogP contribution >= 0.6 is 15.9 Å². The largest absolute Gasteiger partial charge is 0.317 e. The molecule has 2 unspecified atom stereocenters. The van der Waals surface area contributed by atoms with Crippen LogP contribution in [0.5, 0.6) is 0 Å². The van der Waals surface area contributed by atoms with Gasteiger partial charge in [0.25, 0.3) is 0 Å². The standard InChI is InChI=1S/C16H25BrN2/c1-3-18-12-14-6-4-5-11-19(2)16(14)13-7-9-15(17)10-8-13/h7-10,14,16,18H,3-6,11-12H2,1-2H3. The lowest BCUT2D eigenvalue weighted by Crippen LogP contribution is -2.34. The molecule has 3 heteroatoms. The molecule has 106 valence electrons. The number of halogens is 1. The molecule has 1 aromatic carbocycles. The van der Waals surface area contributed by atoms with Gasteiger partial charge in [-0.25, -0.2) is 0 Å². The Morgan fingerprint density at radius 1 is 1.26 bits per heavy atom. The molecule has 1 aromatic rings. The lowest BCUT2D eigenvalue weighted by molar-refractivity contribution is 0.189. The molecule has 0 aliphatic carbocycles. The number of rotatable bonds is 4. The van der Waals surface area contributed by atoms with Crippen molar-refractivity contribution in [1.82, 2.24) is 10.2 Å². The SMILES string of the molecule is CCNCC1CCCCN(C)C1c1ccc(Br)cc1. The van der Waals surface area contributed by atoms with E-state index in [0.29, 0.717) is 12.0 Å². The van der Waals surface area contributed by atoms with Gasteiger partial charge in [0.1, 0.15) is 0 Å². The highest BCUT2D eigenvalue weighted by atomic mass is 79.9. The van der Waals surface area contributed by atoms with Gasteiger partial charge in [0.05, 0.1) is 0 Å². The second-order valence-corrected chi connectivity index (χ2v) is 6.46. The fraction of sp³-hybridized carbons (Fsp3) is 0.625. The van der Waals surface area contributed by atoms with Gasteiger partial charge in [-0.15, -0.1) is 0 Å². The molecule has 0 bridgehead atoms. The Bertz CT molecular complexity index is 377. The number of nitrogens with one attached hydrogen (secondary N) is 1. The molecule has 2 nitrogen and oxygen atoms in total. The molecule has 1 saturated heterocycles. The Kier molecular flexibility index (Phi) is 5.86. The quantitative estimate of drug-likeness (QED) is 0.905. The average molecular weight is 325 g/mol. The van der Waals surface area contributed by atoms with Gasteiger partial charge < -0.3 is 5.32 Å². The summed E-state index contributed by atoms with van der Waals surface area (Å²) < 4.78 is 1.16. The third-order valence-corrected chi connectivity index (χ3v) is 4.65. The van der Waals surface area contributed by atoms with Crippen molar-refractivity contribution in [2.75, 3.05) is 26.7 Å². The summed E-state index contributed by atoms with van der Waals surface area (Å²) in [6.45, 7) is 5.59. The van der Waals surface area contributed by atoms with Gasteiger partial charge in [0.15, 0.2) is 0 Å². The molecule has 2 rings (SSSR count). The number of hydrogen-bond donors (Lipinski definition) is 1. The Balaban J connectivity index is 2.20. The third kappa shape index (κ3) is 4.04. The smallest absolute Gasteiger partial charge is 0.0385 e. The second-order valence-electron chi connectivity index (χ2n) is 5.54. The molecule has 0 radical (unpaired) electrons. The number of nitrogens with zero attached hydrogens (tertiary/aromatic N) is 1. The monoisotopic (exact) mass is 324 g/mol. The fourth-order valence-electron chi connectivity index (χ4n) is 3.15. The summed E-state index contributed by atoms with van der Waals surface area (Å²) in [4.78, 5) is 2.54. The van der Waals surface area contributed by atoms with Crippen molar-refractivity contribution < 1.29 is 0 Å². The van der Waals surface area contributed by atoms with E-state index in [1.54, 1.807) is 0 Å². The van der Waals surface area contributed by atoms with Crippen LogP contribution in [0.3, 0.4) is 0 Å². The molecule has 19 heavy (non-hydrogen) atoms. The van der Waals surface area contributed by atoms with E-state index >= 15 is 0 Å². The van der Waals surface area contributed by atoms with Crippen molar-refractivity contribution in [2.24, 2.45) is 5.92 Å². The first-order valence-electron chi connectivity index (χ1n) is 7.38. The minimum absolute atomic E-state index is 0.551. The van der Waals surface area contributed by atoms with E-state index in [1.165, 1.54) is 31.4 Å². The molecular formula is C16H25BrN2. The van der Waals surface area contributed by atoms with E-state index in [0.717, 1.165) is 17.6 Å². The molecule has 0 amide bonds. The third-order valence-electron chi connectivity index (χ3n) is 4.13. The normalized spacial score (nSPS) is 25.2. The van der Waals surface area contributed by atoms with Crippen LogP contribution in [0.25, 0.3) is 0 Å². The number of hydrogen-bond acceptors (Lipinski definition) is 2. The number of benzene rings is 1. The molecule has 1 N–H and O–H groups in total. The predicted octanol–water partition coefficient (Wildman–Crippen LogP) is 3.83. The maximum atomic E-state index is 3.54. The fourth-order valence-corrected chi connectivity index (χ4v) is 3.42. The Morgan fingerprint density at radius 3 is 2.68 bits per heavy atom. The molecule has 1 aliphatic rings. The van der Waals surface area contributed by atoms with Crippen molar-refractivity contribution in [3.8, 4) is 0 Å². The summed E-state index contributed by atoms with van der Waals surface area (Å²) in [5, 5.41) is 3.54. The van der Waals surface area contributed by atoms with Gasteiger partial charge in [0.2, 0.25) is 0 Å². The zero-order valence-electron chi connectivity index (χ0n) is 12.0. The van der Waals surface area contributed by atoms with Gasteiger partial charge in [0, 0.05) is 10.5 Å². The van der Waals surface area contributed by atoms with E-state index in [-0.39, 0.29) is 0 Å². The maximum Gasteiger partial charge on any atom is 0.0385 e. The van der Waals surface area contributed by atoms with E-state index in [1.807, 2.05) is 0 Å². The van der Waals surface area contributed by atoms with Crippen LogP contribution in [0.15, 0.2) is 28.7 Å². The summed E-state index contributed by atoms with van der Waals surface area (Å²) in [5.41, 5.74) is 1.45. The summed E-state index contributed by atoms with van der Waals surface area (Å²) in [6, 6.07) is 9.43. The Morgan fingerprint density at radius 2 is 2.00 bits per heavy atom. The van der Waals surface area contributed by atoms with Crippen molar-refractivity contribution in [1.29, 1.82) is 0 Å². The van der Waals surface area contributed by atoms with Crippen LogP contribution in [-0.4, -0.2) is 31.6 Å². The van der Waals surface area contributed by atoms with Crippen LogP contribution < -0.4 is 5.32 Å². The molecule has 0 aromatic heterocycles. The molecule has 1 heterocycles. The summed E-state index contributed by atoms with van der Waals surface area (Å²) >= 11 is 3.53. The first-order chi connectivity index (χ1) is 9.22. The molecule has 1 aliphatic heterocycles. The summed E-state index contributed by atoms with van der Waals surface area (Å²) in [6.07, 6.45) is 4.01. The highest BCUT2D eigenvalue weighted by molar-refractivity contribution is 9.10. The van der Waals surface area contributed by atoms with Crippen molar-refractivity contribution >= 4 is 15.9 Å². The Labute approximate surface area is 125 Å². The van der Waals surface area contributed by atoms with Gasteiger partial charge >= 0.3 is 0 Å². The van der Waals surface area contributed by atoms with E-state index in [2.05, 4.69) is 64.4 Å².